The number of fused-ring (bicyclic) bond motifs is 2. The molecule has 0 saturated heterocycles. The van der Waals surface area contributed by atoms with Crippen molar-refractivity contribution in [1.82, 2.24) is 15.3 Å². The Morgan fingerprint density at radius 2 is 1.91 bits per heavy atom. The van der Waals surface area contributed by atoms with E-state index < -0.39 is 46.5 Å². The van der Waals surface area contributed by atoms with Crippen molar-refractivity contribution in [2.75, 3.05) is 20.5 Å². The number of thioether (sulfide) groups is 1. The van der Waals surface area contributed by atoms with E-state index >= 15 is 0 Å². The van der Waals surface area contributed by atoms with E-state index in [0.717, 1.165) is 4.90 Å². The lowest BCUT2D eigenvalue weighted by Crippen LogP contribution is -2.53. The number of H-pyrrole nitrogens is 1. The lowest BCUT2D eigenvalue weighted by atomic mass is 9.69. The Kier molecular flexibility index (Phi) is 8.66. The molecule has 3 aromatic carbocycles. The number of halogens is 2. The molecule has 1 unspecified atom stereocenters. The van der Waals surface area contributed by atoms with Gasteiger partial charge in [0.2, 0.25) is 17.3 Å². The number of ketones is 2. The van der Waals surface area contributed by atoms with Crippen LogP contribution >= 0.6 is 23.4 Å². The molecule has 0 radical (unpaired) electrons. The molecule has 2 heterocycles. The second-order valence-electron chi connectivity index (χ2n) is 11.4. The minimum absolute atomic E-state index is 0.00421. The number of aromatic nitrogens is 2. The number of imidazole rings is 1. The van der Waals surface area contributed by atoms with Gasteiger partial charge in [0.25, 0.3) is 0 Å². The van der Waals surface area contributed by atoms with Crippen molar-refractivity contribution >= 4 is 51.9 Å². The van der Waals surface area contributed by atoms with Gasteiger partial charge in [-0.1, -0.05) is 30.7 Å². The van der Waals surface area contributed by atoms with E-state index in [4.69, 9.17) is 25.8 Å². The average molecular weight is 680 g/mol. The van der Waals surface area contributed by atoms with Gasteiger partial charge in [-0.2, -0.15) is 0 Å². The van der Waals surface area contributed by atoms with Crippen molar-refractivity contribution in [2.45, 2.75) is 42.7 Å². The summed E-state index contributed by atoms with van der Waals surface area (Å²) in [6.07, 6.45) is 1.53. The van der Waals surface area contributed by atoms with Gasteiger partial charge in [-0.3, -0.25) is 14.4 Å². The first kappa shape index (κ1) is 32.4. The van der Waals surface area contributed by atoms with Crippen LogP contribution in [0.3, 0.4) is 0 Å². The molecule has 13 heteroatoms. The molecular weight excluding hydrogens is 649 g/mol. The van der Waals surface area contributed by atoms with Gasteiger partial charge in [-0.15, -0.1) is 11.8 Å². The first-order chi connectivity index (χ1) is 22.5. The molecular formula is C34H31ClFN3O7S. The molecule has 1 aliphatic carbocycles. The number of rotatable bonds is 9. The number of ether oxygens (including phenoxy) is 3. The number of aliphatic hydroxyl groups excluding tert-OH is 1. The van der Waals surface area contributed by atoms with Crippen LogP contribution in [0.1, 0.15) is 47.4 Å². The maximum absolute atomic E-state index is 14.3. The van der Waals surface area contributed by atoms with Crippen molar-refractivity contribution in [2.24, 2.45) is 5.92 Å². The Morgan fingerprint density at radius 3 is 2.60 bits per heavy atom. The maximum Gasteiger partial charge on any atom is 0.231 e. The average Bonchev–Trinajstić information content (AvgIpc) is 3.61. The largest absolute Gasteiger partial charge is 0.507 e. The minimum atomic E-state index is -1.99. The molecule has 1 spiro atoms. The fourth-order valence-electron chi connectivity index (χ4n) is 6.32. The highest BCUT2D eigenvalue weighted by Gasteiger charge is 2.61. The predicted molar refractivity (Wildman–Crippen MR) is 174 cm³/mol. The minimum Gasteiger partial charge on any atom is -0.507 e. The zero-order valence-electron chi connectivity index (χ0n) is 25.9. The van der Waals surface area contributed by atoms with E-state index in [9.17, 15) is 23.9 Å². The van der Waals surface area contributed by atoms with E-state index in [1.807, 2.05) is 18.4 Å². The fraction of sp³-hybridized carbons (Fsp3) is 0.294. The summed E-state index contributed by atoms with van der Waals surface area (Å²) in [6, 6.07) is 12.9. The monoisotopic (exact) mass is 679 g/mol. The molecule has 3 N–H and O–H groups in total. The molecule has 244 valence electrons. The molecule has 0 bridgehead atoms. The summed E-state index contributed by atoms with van der Waals surface area (Å²) in [5.41, 5.74) is -0.461. The van der Waals surface area contributed by atoms with Crippen molar-refractivity contribution in [3.8, 4) is 17.2 Å². The van der Waals surface area contributed by atoms with Crippen LogP contribution in [-0.4, -0.2) is 58.6 Å². The van der Waals surface area contributed by atoms with Gasteiger partial charge >= 0.3 is 0 Å². The topological polar surface area (TPSA) is 140 Å². The van der Waals surface area contributed by atoms with Gasteiger partial charge in [0.05, 0.1) is 31.8 Å². The van der Waals surface area contributed by atoms with Gasteiger partial charge in [0.1, 0.15) is 33.7 Å². The third kappa shape index (κ3) is 5.48. The van der Waals surface area contributed by atoms with Crippen LogP contribution in [0, 0.1) is 11.7 Å². The number of nitrogens with one attached hydrogen (secondary N) is 2. The molecule has 1 amide bonds. The summed E-state index contributed by atoms with van der Waals surface area (Å²) in [7, 11) is 2.79. The standard InChI is InChI=1S/C34H31ClFN3O7S/c1-16-11-23(40)28(32(42)34(16)33(43)29-24(44-2)14-25(45-3)30(35)31(29)46-34)20(17-5-8-19(47-4)9-6-17)13-27(41)37-15-26-38-21-10-7-18(36)12-22(21)39-26/h5-10,12,14,16,20,42H,11,13,15H2,1-4H3,(H,37,41)(H,38,39)/t16-,20?,34+/m1/s1. The van der Waals surface area contributed by atoms with Gasteiger partial charge in [0.15, 0.2) is 17.3 Å². The van der Waals surface area contributed by atoms with Crippen LogP contribution in [0.2, 0.25) is 5.02 Å². The number of amides is 1. The Bertz CT molecular complexity index is 1960. The van der Waals surface area contributed by atoms with E-state index in [-0.39, 0.29) is 52.8 Å². The summed E-state index contributed by atoms with van der Waals surface area (Å²) in [6.45, 7) is 1.64. The lowest BCUT2D eigenvalue weighted by Gasteiger charge is -2.38. The van der Waals surface area contributed by atoms with E-state index in [2.05, 4.69) is 15.3 Å². The molecule has 1 aromatic heterocycles. The first-order valence-corrected chi connectivity index (χ1v) is 16.3. The number of hydrogen-bond acceptors (Lipinski definition) is 9. The third-order valence-electron chi connectivity index (χ3n) is 8.71. The van der Waals surface area contributed by atoms with Gasteiger partial charge in [-0.25, -0.2) is 9.37 Å². The first-order valence-electron chi connectivity index (χ1n) is 14.7. The van der Waals surface area contributed by atoms with Gasteiger partial charge in [0, 0.05) is 41.2 Å². The Morgan fingerprint density at radius 1 is 1.19 bits per heavy atom. The molecule has 3 atom stereocenters. The van der Waals surface area contributed by atoms with Crippen LogP contribution in [0.15, 0.2) is 64.8 Å². The molecule has 1 aliphatic heterocycles. The number of allylic oxidation sites excluding steroid dienone is 1. The van der Waals surface area contributed by atoms with E-state index in [1.54, 1.807) is 19.1 Å². The van der Waals surface area contributed by atoms with Gasteiger partial charge in [-0.05, 0) is 42.2 Å². The van der Waals surface area contributed by atoms with E-state index in [1.165, 1.54) is 50.2 Å². The second kappa shape index (κ2) is 12.6. The molecule has 47 heavy (non-hydrogen) atoms. The molecule has 0 fully saturated rings. The SMILES string of the molecule is COc1cc(OC)c2c(c1Cl)O[C@]1(C2=O)C(O)=C(C(CC(=O)NCc2nc3ccc(F)cc3[nH]2)c2ccc(SC)cc2)C(=O)C[C@H]1C. The number of methoxy groups -OCH3 is 2. The number of aromatic amines is 1. The highest BCUT2D eigenvalue weighted by atomic mass is 35.5. The van der Waals surface area contributed by atoms with Crippen LogP contribution in [0.25, 0.3) is 11.0 Å². The van der Waals surface area contributed by atoms with Crippen molar-refractivity contribution in [3.05, 3.63) is 87.7 Å². The Labute approximate surface area is 278 Å². The Hall–Kier alpha value is -4.55. The molecule has 0 saturated carbocycles. The number of hydrogen-bond donors (Lipinski definition) is 3. The van der Waals surface area contributed by atoms with E-state index in [0.29, 0.717) is 22.4 Å². The lowest BCUT2D eigenvalue weighted by molar-refractivity contribution is -0.122. The fourth-order valence-corrected chi connectivity index (χ4v) is 6.99. The smallest absolute Gasteiger partial charge is 0.231 e. The Balaban J connectivity index is 1.39. The molecule has 6 rings (SSSR count). The van der Waals surface area contributed by atoms with Crippen LogP contribution in [0.5, 0.6) is 17.2 Å². The second-order valence-corrected chi connectivity index (χ2v) is 12.7. The summed E-state index contributed by atoms with van der Waals surface area (Å²) in [5, 5.41) is 14.9. The van der Waals surface area contributed by atoms with Crippen molar-refractivity contribution in [3.63, 3.8) is 0 Å². The summed E-state index contributed by atoms with van der Waals surface area (Å²) >= 11 is 8.11. The van der Waals surface area contributed by atoms with Crippen molar-refractivity contribution < 1.29 is 38.1 Å². The zero-order chi connectivity index (χ0) is 33.6. The highest BCUT2D eigenvalue weighted by Crippen LogP contribution is 2.55. The van der Waals surface area contributed by atoms with Crippen LogP contribution in [0.4, 0.5) is 4.39 Å². The maximum atomic E-state index is 14.3. The summed E-state index contributed by atoms with van der Waals surface area (Å²) in [5.74, 6) is -3.50. The highest BCUT2D eigenvalue weighted by molar-refractivity contribution is 7.98. The number of benzene rings is 3. The predicted octanol–water partition coefficient (Wildman–Crippen LogP) is 6.32. The van der Waals surface area contributed by atoms with Crippen LogP contribution in [-0.2, 0) is 16.1 Å². The van der Waals surface area contributed by atoms with Crippen LogP contribution < -0.4 is 19.5 Å². The number of carbonyl (C=O) groups excluding carboxylic acids is 3. The molecule has 10 nitrogen and oxygen atoms in total. The molecule has 4 aromatic rings. The summed E-state index contributed by atoms with van der Waals surface area (Å²) in [4.78, 5) is 49.9. The van der Waals surface area contributed by atoms with Gasteiger partial charge < -0.3 is 29.6 Å². The third-order valence-corrected chi connectivity index (χ3v) is 9.82. The summed E-state index contributed by atoms with van der Waals surface area (Å²) < 4.78 is 30.8. The zero-order valence-corrected chi connectivity index (χ0v) is 27.5. The number of aliphatic hydroxyl groups is 1. The number of carbonyl (C=O) groups is 3. The normalized spacial score (nSPS) is 19.6. The van der Waals surface area contributed by atoms with Crippen molar-refractivity contribution in [1.29, 1.82) is 0 Å². The number of Topliss-reactive ketones (excluding diaryl/α,β-unsaturated/α-hetero) is 2. The molecule has 2 aliphatic rings. The quantitative estimate of drug-likeness (QED) is 0.173. The number of nitrogens with zero attached hydrogens (tertiary/aromatic N) is 1.